The summed E-state index contributed by atoms with van der Waals surface area (Å²) in [6.07, 6.45) is 6.79. The molecule has 0 aromatic carbocycles. The summed E-state index contributed by atoms with van der Waals surface area (Å²) in [5.74, 6) is 0.870. The number of carboxylic acid groups (broad SMARTS) is 1. The fourth-order valence-corrected chi connectivity index (χ4v) is 5.72. The molecule has 152 valence electrons. The highest BCUT2D eigenvalue weighted by atomic mass is 32.1. The number of hydrogen-bond donors (Lipinski definition) is 2. The predicted molar refractivity (Wildman–Crippen MR) is 108 cm³/mol. The number of carboxylic acids is 1. The quantitative estimate of drug-likeness (QED) is 0.757. The van der Waals surface area contributed by atoms with E-state index in [2.05, 4.69) is 22.4 Å². The summed E-state index contributed by atoms with van der Waals surface area (Å²) >= 11 is 1.56. The van der Waals surface area contributed by atoms with E-state index in [4.69, 9.17) is 4.52 Å². The van der Waals surface area contributed by atoms with Gasteiger partial charge in [0, 0.05) is 21.9 Å². The van der Waals surface area contributed by atoms with Crippen LogP contribution < -0.4 is 5.32 Å². The molecule has 3 aliphatic rings. The van der Waals surface area contributed by atoms with Crippen LogP contribution in [0.15, 0.2) is 15.7 Å². The Kier molecular flexibility index (Phi) is 4.53. The molecular weight excluding hydrogens is 390 g/mol. The number of nitrogens with one attached hydrogen (secondary N) is 1. The van der Waals surface area contributed by atoms with Crippen LogP contribution >= 0.6 is 11.3 Å². The number of carbonyl (C=O) groups is 2. The van der Waals surface area contributed by atoms with Gasteiger partial charge in [-0.3, -0.25) is 4.79 Å². The second-order valence-electron chi connectivity index (χ2n) is 8.36. The second kappa shape index (κ2) is 7.09. The maximum absolute atomic E-state index is 12.9. The smallest absolute Gasteiger partial charge is 0.332 e. The molecule has 1 unspecified atom stereocenters. The van der Waals surface area contributed by atoms with E-state index < -0.39 is 5.97 Å². The number of carbonyl (C=O) groups excluding carboxylic acids is 1. The zero-order chi connectivity index (χ0) is 20.1. The Hall–Kier alpha value is -2.48. The third-order valence-corrected chi connectivity index (χ3v) is 7.26. The van der Waals surface area contributed by atoms with E-state index in [-0.39, 0.29) is 11.5 Å². The van der Waals surface area contributed by atoms with Gasteiger partial charge < -0.3 is 14.9 Å². The molecule has 5 rings (SSSR count). The Labute approximate surface area is 172 Å². The number of anilines is 1. The van der Waals surface area contributed by atoms with Gasteiger partial charge in [0.15, 0.2) is 5.82 Å². The molecule has 7 nitrogen and oxygen atoms in total. The lowest BCUT2D eigenvalue weighted by atomic mass is 9.88. The van der Waals surface area contributed by atoms with Gasteiger partial charge in [-0.05, 0) is 62.8 Å². The fourth-order valence-electron chi connectivity index (χ4n) is 4.32. The van der Waals surface area contributed by atoms with Gasteiger partial charge in [0.1, 0.15) is 5.00 Å². The van der Waals surface area contributed by atoms with Crippen molar-refractivity contribution in [3.63, 3.8) is 0 Å². The molecule has 3 aliphatic carbocycles. The molecule has 2 heterocycles. The van der Waals surface area contributed by atoms with Crippen molar-refractivity contribution in [2.45, 2.75) is 64.2 Å². The minimum atomic E-state index is -1.00. The molecule has 1 atom stereocenters. The Morgan fingerprint density at radius 3 is 2.72 bits per heavy atom. The highest BCUT2D eigenvalue weighted by Crippen LogP contribution is 2.46. The lowest BCUT2D eigenvalue weighted by Gasteiger charge is -2.18. The summed E-state index contributed by atoms with van der Waals surface area (Å²) in [5.41, 5.74) is 2.63. The Balaban J connectivity index is 1.52. The zero-order valence-electron chi connectivity index (χ0n) is 16.3. The van der Waals surface area contributed by atoms with E-state index in [1.54, 1.807) is 11.3 Å². The molecule has 0 aliphatic heterocycles. The lowest BCUT2D eigenvalue weighted by Crippen LogP contribution is -2.16. The van der Waals surface area contributed by atoms with Gasteiger partial charge in [-0.25, -0.2) is 4.79 Å². The minimum absolute atomic E-state index is 0.229. The molecule has 0 spiro atoms. The first kappa shape index (κ1) is 18.5. The number of rotatable bonds is 5. The molecule has 1 amide bonds. The maximum atomic E-state index is 12.9. The minimum Gasteiger partial charge on any atom is -0.478 e. The third-order valence-electron chi connectivity index (χ3n) is 6.09. The average Bonchev–Trinajstić information content (AvgIpc) is 3.10. The van der Waals surface area contributed by atoms with Gasteiger partial charge in [-0.15, -0.1) is 11.3 Å². The van der Waals surface area contributed by atoms with Crippen LogP contribution in [-0.2, 0) is 22.4 Å². The lowest BCUT2D eigenvalue weighted by molar-refractivity contribution is -0.133. The van der Waals surface area contributed by atoms with E-state index in [1.807, 2.05) is 0 Å². The molecule has 0 bridgehead atoms. The number of thiophene rings is 1. The Bertz CT molecular complexity index is 1030. The molecule has 1 saturated carbocycles. The first-order valence-electron chi connectivity index (χ1n) is 10.3. The van der Waals surface area contributed by atoms with Crippen LogP contribution in [0.5, 0.6) is 0 Å². The topological polar surface area (TPSA) is 105 Å². The first-order chi connectivity index (χ1) is 14.0. The summed E-state index contributed by atoms with van der Waals surface area (Å²) in [6.45, 7) is 2.24. The molecular formula is C21H23N3O4S. The van der Waals surface area contributed by atoms with Gasteiger partial charge in [0.2, 0.25) is 0 Å². The van der Waals surface area contributed by atoms with Crippen molar-refractivity contribution in [1.29, 1.82) is 0 Å². The molecule has 0 radical (unpaired) electrons. The highest BCUT2D eigenvalue weighted by molar-refractivity contribution is 7.17. The number of nitrogens with zero attached hydrogens (tertiary/aromatic N) is 2. The van der Waals surface area contributed by atoms with Gasteiger partial charge in [-0.1, -0.05) is 12.1 Å². The second-order valence-corrected chi connectivity index (χ2v) is 9.46. The van der Waals surface area contributed by atoms with Gasteiger partial charge in [0.25, 0.3) is 11.8 Å². The molecule has 2 aromatic rings. The average molecular weight is 413 g/mol. The van der Waals surface area contributed by atoms with Crippen LogP contribution in [0.25, 0.3) is 11.5 Å². The zero-order valence-corrected chi connectivity index (χ0v) is 17.1. The molecule has 8 heteroatoms. The third kappa shape index (κ3) is 3.39. The SMILES string of the molecule is CC1CCc2c(sc(NC(=O)C3=C(C(=O)O)CCC3)c2-c2nc(C3CC3)no2)C1. The van der Waals surface area contributed by atoms with Crippen molar-refractivity contribution in [2.75, 3.05) is 5.32 Å². The van der Waals surface area contributed by atoms with E-state index >= 15 is 0 Å². The standard InChI is InChI=1S/C21H23N3O4S/c1-10-5-8-14-15(9-10)29-20(16(14)19-22-17(24-28-19)11-6-7-11)23-18(25)12-3-2-4-13(12)21(26)27/h10-11H,2-9H2,1H3,(H,23,25)(H,26,27). The molecule has 29 heavy (non-hydrogen) atoms. The Morgan fingerprint density at radius 1 is 1.17 bits per heavy atom. The monoisotopic (exact) mass is 413 g/mol. The largest absolute Gasteiger partial charge is 0.478 e. The molecule has 2 aromatic heterocycles. The van der Waals surface area contributed by atoms with Crippen molar-refractivity contribution in [3.05, 3.63) is 27.4 Å². The maximum Gasteiger partial charge on any atom is 0.332 e. The van der Waals surface area contributed by atoms with Crippen molar-refractivity contribution in [2.24, 2.45) is 5.92 Å². The predicted octanol–water partition coefficient (Wildman–Crippen LogP) is 4.30. The van der Waals surface area contributed by atoms with Crippen molar-refractivity contribution in [1.82, 2.24) is 10.1 Å². The van der Waals surface area contributed by atoms with E-state index in [1.165, 1.54) is 10.4 Å². The summed E-state index contributed by atoms with van der Waals surface area (Å²) in [6, 6.07) is 0. The van der Waals surface area contributed by atoms with E-state index in [0.29, 0.717) is 47.6 Å². The highest BCUT2D eigenvalue weighted by Gasteiger charge is 2.33. The summed E-state index contributed by atoms with van der Waals surface area (Å²) < 4.78 is 5.60. The number of amides is 1. The van der Waals surface area contributed by atoms with Crippen molar-refractivity contribution >= 4 is 28.2 Å². The fraction of sp³-hybridized carbons (Fsp3) is 0.524. The van der Waals surface area contributed by atoms with Gasteiger partial charge in [0.05, 0.1) is 5.56 Å². The Morgan fingerprint density at radius 2 is 1.97 bits per heavy atom. The summed E-state index contributed by atoms with van der Waals surface area (Å²) in [4.78, 5) is 30.2. The van der Waals surface area contributed by atoms with Crippen LogP contribution in [0.2, 0.25) is 0 Å². The van der Waals surface area contributed by atoms with Crippen LogP contribution in [0.1, 0.15) is 67.6 Å². The number of hydrogen-bond acceptors (Lipinski definition) is 6. The normalized spacial score (nSPS) is 21.3. The number of aromatic nitrogens is 2. The molecule has 2 N–H and O–H groups in total. The van der Waals surface area contributed by atoms with Gasteiger partial charge in [-0.2, -0.15) is 4.98 Å². The molecule has 0 saturated heterocycles. The van der Waals surface area contributed by atoms with Gasteiger partial charge >= 0.3 is 5.97 Å². The summed E-state index contributed by atoms with van der Waals surface area (Å²) in [5, 5.41) is 17.2. The van der Waals surface area contributed by atoms with Crippen molar-refractivity contribution < 1.29 is 19.2 Å². The summed E-state index contributed by atoms with van der Waals surface area (Å²) in [7, 11) is 0. The van der Waals surface area contributed by atoms with Crippen LogP contribution in [0, 0.1) is 5.92 Å². The number of fused-ring (bicyclic) bond motifs is 1. The van der Waals surface area contributed by atoms with Crippen LogP contribution in [0.4, 0.5) is 5.00 Å². The van der Waals surface area contributed by atoms with Crippen LogP contribution in [-0.4, -0.2) is 27.1 Å². The molecule has 1 fully saturated rings. The van der Waals surface area contributed by atoms with Crippen LogP contribution in [0.3, 0.4) is 0 Å². The number of aliphatic carboxylic acids is 1. The first-order valence-corrected chi connectivity index (χ1v) is 11.1. The van der Waals surface area contributed by atoms with E-state index in [0.717, 1.165) is 43.5 Å². The van der Waals surface area contributed by atoms with Crippen molar-refractivity contribution in [3.8, 4) is 11.5 Å². The van der Waals surface area contributed by atoms with E-state index in [9.17, 15) is 14.7 Å².